The number of hydrogen-bond donors (Lipinski definition) is 2. The molecule has 0 atom stereocenters. The number of nitrogens with zero attached hydrogens (tertiary/aromatic N) is 2. The second kappa shape index (κ2) is 10.1. The van der Waals surface area contributed by atoms with E-state index in [2.05, 4.69) is 20.5 Å². The summed E-state index contributed by atoms with van der Waals surface area (Å²) in [4.78, 5) is 32.0. The zero-order valence-electron chi connectivity index (χ0n) is 18.3. The number of aromatic nitrogens is 1. The minimum absolute atomic E-state index is 0.155. The molecule has 4 rings (SSSR count). The van der Waals surface area contributed by atoms with E-state index in [1.165, 1.54) is 18.2 Å². The second-order valence-electron chi connectivity index (χ2n) is 7.80. The summed E-state index contributed by atoms with van der Waals surface area (Å²) < 4.78 is 19.7. The second-order valence-corrected chi connectivity index (χ2v) is 7.80. The third-order valence-electron chi connectivity index (χ3n) is 5.74. The molecule has 2 N–H and O–H groups in total. The Morgan fingerprint density at radius 1 is 1.00 bits per heavy atom. The largest absolute Gasteiger partial charge is 0.497 e. The summed E-state index contributed by atoms with van der Waals surface area (Å²) in [6, 6.07) is 14.8. The number of halogens is 1. The van der Waals surface area contributed by atoms with Crippen LogP contribution in [-0.4, -0.2) is 37.0 Å². The minimum atomic E-state index is -0.702. The Morgan fingerprint density at radius 3 is 2.36 bits per heavy atom. The topological polar surface area (TPSA) is 83.6 Å². The number of carbonyl (C=O) groups excluding carboxylic acids is 2. The fourth-order valence-electron chi connectivity index (χ4n) is 3.92. The fraction of sp³-hybridized carbons (Fsp3) is 0.240. The van der Waals surface area contributed by atoms with E-state index in [0.29, 0.717) is 24.3 Å². The first-order valence-corrected chi connectivity index (χ1v) is 10.7. The molecule has 1 aromatic heterocycles. The number of nitrogens with one attached hydrogen (secondary N) is 2. The van der Waals surface area contributed by atoms with Crippen LogP contribution in [0, 0.1) is 11.7 Å². The number of hydrogen-bond acceptors (Lipinski definition) is 5. The first-order valence-electron chi connectivity index (χ1n) is 10.7. The van der Waals surface area contributed by atoms with Crippen LogP contribution in [0.25, 0.3) is 0 Å². The molecule has 2 amide bonds. The molecule has 1 aliphatic heterocycles. The Morgan fingerprint density at radius 2 is 1.70 bits per heavy atom. The van der Waals surface area contributed by atoms with Crippen molar-refractivity contribution in [2.45, 2.75) is 12.8 Å². The fourth-order valence-corrected chi connectivity index (χ4v) is 3.92. The van der Waals surface area contributed by atoms with E-state index in [0.717, 1.165) is 18.8 Å². The van der Waals surface area contributed by atoms with Gasteiger partial charge in [-0.05, 0) is 61.4 Å². The Hall–Kier alpha value is -3.94. The predicted molar refractivity (Wildman–Crippen MR) is 125 cm³/mol. The molecule has 33 heavy (non-hydrogen) atoms. The minimum Gasteiger partial charge on any atom is -0.497 e. The van der Waals surface area contributed by atoms with E-state index in [-0.39, 0.29) is 23.1 Å². The van der Waals surface area contributed by atoms with E-state index >= 15 is 0 Å². The van der Waals surface area contributed by atoms with Gasteiger partial charge in [0, 0.05) is 42.8 Å². The monoisotopic (exact) mass is 448 g/mol. The molecule has 1 aliphatic rings. The van der Waals surface area contributed by atoms with Crippen LogP contribution in [0.3, 0.4) is 0 Å². The van der Waals surface area contributed by atoms with Gasteiger partial charge in [-0.1, -0.05) is 6.07 Å². The van der Waals surface area contributed by atoms with Crippen molar-refractivity contribution in [3.05, 3.63) is 78.4 Å². The molecule has 0 unspecified atom stereocenters. The van der Waals surface area contributed by atoms with Crippen LogP contribution in [0.2, 0.25) is 0 Å². The lowest BCUT2D eigenvalue weighted by atomic mass is 9.95. The number of anilines is 3. The number of benzene rings is 2. The maximum atomic E-state index is 14.6. The van der Waals surface area contributed by atoms with Gasteiger partial charge in [-0.15, -0.1) is 0 Å². The molecule has 0 bridgehead atoms. The lowest BCUT2D eigenvalue weighted by Gasteiger charge is -2.33. The molecule has 170 valence electrons. The van der Waals surface area contributed by atoms with Crippen molar-refractivity contribution in [1.82, 2.24) is 4.98 Å². The molecule has 8 heteroatoms. The lowest BCUT2D eigenvalue weighted by Crippen LogP contribution is -2.38. The quantitative estimate of drug-likeness (QED) is 0.586. The van der Waals surface area contributed by atoms with Crippen LogP contribution >= 0.6 is 0 Å². The Balaban J connectivity index is 1.42. The van der Waals surface area contributed by atoms with Crippen molar-refractivity contribution in [3.8, 4) is 5.75 Å². The molecule has 2 heterocycles. The van der Waals surface area contributed by atoms with Crippen LogP contribution in [-0.2, 0) is 4.79 Å². The Labute approximate surface area is 191 Å². The maximum Gasteiger partial charge on any atom is 0.260 e. The summed E-state index contributed by atoms with van der Waals surface area (Å²) in [5.41, 5.74) is 1.52. The van der Waals surface area contributed by atoms with Crippen LogP contribution in [0.15, 0.2) is 67.0 Å². The van der Waals surface area contributed by atoms with Crippen molar-refractivity contribution in [2.24, 2.45) is 5.92 Å². The number of piperidine rings is 1. The zero-order chi connectivity index (χ0) is 23.2. The molecular weight excluding hydrogens is 423 g/mol. The molecule has 0 spiro atoms. The molecule has 1 fully saturated rings. The van der Waals surface area contributed by atoms with Gasteiger partial charge >= 0.3 is 0 Å². The number of carbonyl (C=O) groups is 2. The zero-order valence-corrected chi connectivity index (χ0v) is 18.3. The Bertz CT molecular complexity index is 1110. The summed E-state index contributed by atoms with van der Waals surface area (Å²) in [5.74, 6) is -1.13. The van der Waals surface area contributed by atoms with E-state index in [4.69, 9.17) is 4.74 Å². The summed E-state index contributed by atoms with van der Waals surface area (Å²) in [6.45, 7) is 1.46. The smallest absolute Gasteiger partial charge is 0.260 e. The van der Waals surface area contributed by atoms with E-state index < -0.39 is 11.7 Å². The van der Waals surface area contributed by atoms with Gasteiger partial charge in [0.1, 0.15) is 11.6 Å². The first-order chi connectivity index (χ1) is 16.0. The van der Waals surface area contributed by atoms with Gasteiger partial charge in [-0.25, -0.2) is 4.39 Å². The summed E-state index contributed by atoms with van der Waals surface area (Å²) in [5, 5.41) is 5.44. The van der Waals surface area contributed by atoms with Crippen LogP contribution < -0.4 is 20.3 Å². The van der Waals surface area contributed by atoms with Gasteiger partial charge in [0.25, 0.3) is 5.91 Å². The normalized spacial score (nSPS) is 13.9. The molecule has 0 saturated carbocycles. The molecule has 1 saturated heterocycles. The summed E-state index contributed by atoms with van der Waals surface area (Å²) in [6.07, 6.45) is 4.82. The van der Waals surface area contributed by atoms with Crippen molar-refractivity contribution >= 4 is 28.9 Å². The van der Waals surface area contributed by atoms with Crippen molar-refractivity contribution in [3.63, 3.8) is 0 Å². The summed E-state index contributed by atoms with van der Waals surface area (Å²) in [7, 11) is 1.55. The molecule has 7 nitrogen and oxygen atoms in total. The number of ether oxygens (including phenoxy) is 1. The Kier molecular flexibility index (Phi) is 6.83. The highest BCUT2D eigenvalue weighted by molar-refractivity contribution is 6.10. The highest BCUT2D eigenvalue weighted by atomic mass is 19.1. The molecule has 3 aromatic rings. The standard InChI is InChI=1S/C25H25FN4O3/c1-33-20-7-5-18(6-8-20)28-25(32)23-21(26)3-2-4-22(23)29-24(31)17-11-15-30(16-12-17)19-9-13-27-14-10-19/h2-10,13-14,17H,11-12,15-16H2,1H3,(H,28,32)(H,29,31). The molecule has 2 aromatic carbocycles. The van der Waals surface area contributed by atoms with Crippen molar-refractivity contribution in [1.29, 1.82) is 0 Å². The van der Waals surface area contributed by atoms with Crippen molar-refractivity contribution < 1.29 is 18.7 Å². The summed E-state index contributed by atoms with van der Waals surface area (Å²) >= 11 is 0. The van der Waals surface area contributed by atoms with Gasteiger partial charge in [-0.2, -0.15) is 0 Å². The van der Waals surface area contributed by atoms with Crippen LogP contribution in [0.1, 0.15) is 23.2 Å². The maximum absolute atomic E-state index is 14.6. The van der Waals surface area contributed by atoms with Gasteiger partial charge in [-0.3, -0.25) is 14.6 Å². The number of amides is 2. The van der Waals surface area contributed by atoms with Gasteiger partial charge in [0.15, 0.2) is 0 Å². The number of methoxy groups -OCH3 is 1. The van der Waals surface area contributed by atoms with E-state index in [1.807, 2.05) is 12.1 Å². The van der Waals surface area contributed by atoms with Crippen LogP contribution in [0.4, 0.5) is 21.5 Å². The number of pyridine rings is 1. The van der Waals surface area contributed by atoms with Crippen LogP contribution in [0.5, 0.6) is 5.75 Å². The molecular formula is C25H25FN4O3. The third kappa shape index (κ3) is 5.28. The van der Waals surface area contributed by atoms with Crippen molar-refractivity contribution in [2.75, 3.05) is 35.7 Å². The number of rotatable bonds is 6. The molecule has 0 aliphatic carbocycles. The lowest BCUT2D eigenvalue weighted by molar-refractivity contribution is -0.120. The highest BCUT2D eigenvalue weighted by Crippen LogP contribution is 2.26. The van der Waals surface area contributed by atoms with E-state index in [1.54, 1.807) is 43.8 Å². The SMILES string of the molecule is COc1ccc(NC(=O)c2c(F)cccc2NC(=O)C2CCN(c3ccncc3)CC2)cc1. The average molecular weight is 448 g/mol. The predicted octanol–water partition coefficient (Wildman–Crippen LogP) is 4.34. The van der Waals surface area contributed by atoms with Gasteiger partial charge in [0.2, 0.25) is 5.91 Å². The first kappa shape index (κ1) is 22.3. The van der Waals surface area contributed by atoms with E-state index in [9.17, 15) is 14.0 Å². The average Bonchev–Trinajstić information content (AvgIpc) is 2.85. The molecule has 0 radical (unpaired) electrons. The third-order valence-corrected chi connectivity index (χ3v) is 5.74. The highest BCUT2D eigenvalue weighted by Gasteiger charge is 2.27. The van der Waals surface area contributed by atoms with Gasteiger partial charge in [0.05, 0.1) is 18.4 Å². The van der Waals surface area contributed by atoms with Gasteiger partial charge < -0.3 is 20.3 Å².